The average molecular weight is 506 g/mol. The van der Waals surface area contributed by atoms with E-state index in [0.29, 0.717) is 23.2 Å². The fraction of sp³-hybridized carbons (Fsp3) is 0.522. The maximum absolute atomic E-state index is 12.8. The molecule has 190 valence electrons. The zero-order chi connectivity index (χ0) is 25.4. The minimum atomic E-state index is -0.929. The molecule has 3 rings (SSSR count). The molecule has 0 fully saturated rings. The van der Waals surface area contributed by atoms with Gasteiger partial charge in [-0.05, 0) is 56.5 Å². The highest BCUT2D eigenvalue weighted by Crippen LogP contribution is 2.38. The van der Waals surface area contributed by atoms with E-state index >= 15 is 0 Å². The summed E-state index contributed by atoms with van der Waals surface area (Å²) in [6.07, 6.45) is 2.53. The number of fused-ring (bicyclic) bond motifs is 1. The fourth-order valence-corrected chi connectivity index (χ4v) is 4.71. The summed E-state index contributed by atoms with van der Waals surface area (Å²) in [5, 5.41) is 4.61. The maximum atomic E-state index is 12.8. The Bertz CT molecular complexity index is 1060. The number of nitrogen functional groups attached to an aromatic ring is 2. The number of amides is 1. The van der Waals surface area contributed by atoms with Gasteiger partial charge in [0.2, 0.25) is 11.8 Å². The normalized spacial score (nSPS) is 15.1. The number of carbonyl (C=O) groups is 3. The summed E-state index contributed by atoms with van der Waals surface area (Å²) >= 11 is 1.30. The molecule has 2 aromatic heterocycles. The molecule has 1 aliphatic rings. The zero-order valence-electron chi connectivity index (χ0n) is 19.9. The first-order valence-corrected chi connectivity index (χ1v) is 12.5. The van der Waals surface area contributed by atoms with E-state index in [2.05, 4.69) is 15.3 Å². The summed E-state index contributed by atoms with van der Waals surface area (Å²) in [6.45, 7) is 4.30. The van der Waals surface area contributed by atoms with Crippen LogP contribution >= 0.6 is 11.3 Å². The summed E-state index contributed by atoms with van der Waals surface area (Å²) in [5.41, 5.74) is 13.4. The highest BCUT2D eigenvalue weighted by Gasteiger charge is 2.29. The second kappa shape index (κ2) is 12.3. The average Bonchev–Trinajstić information content (AvgIpc) is 3.44. The number of aryl methyl sites for hydroxylation is 1. The molecule has 0 saturated heterocycles. The van der Waals surface area contributed by atoms with Crippen molar-refractivity contribution in [2.24, 2.45) is 0 Å². The van der Waals surface area contributed by atoms with Gasteiger partial charge in [-0.2, -0.15) is 9.97 Å². The molecular weight excluding hydrogens is 474 g/mol. The van der Waals surface area contributed by atoms with Gasteiger partial charge >= 0.3 is 11.9 Å². The van der Waals surface area contributed by atoms with E-state index in [1.165, 1.54) is 11.3 Å². The Balaban J connectivity index is 1.53. The van der Waals surface area contributed by atoms with Crippen LogP contribution in [-0.4, -0.2) is 53.7 Å². The number of aromatic nitrogens is 2. The van der Waals surface area contributed by atoms with Crippen molar-refractivity contribution in [3.8, 4) is 5.88 Å². The molecule has 0 saturated carbocycles. The van der Waals surface area contributed by atoms with Gasteiger partial charge in [-0.3, -0.25) is 9.59 Å². The minimum absolute atomic E-state index is 0.00342. The van der Waals surface area contributed by atoms with Gasteiger partial charge in [0.25, 0.3) is 5.91 Å². The highest BCUT2D eigenvalue weighted by atomic mass is 32.1. The summed E-state index contributed by atoms with van der Waals surface area (Å²) in [7, 11) is 0. The third-order valence-electron chi connectivity index (χ3n) is 5.50. The first kappa shape index (κ1) is 26.2. The number of thiophene rings is 1. The molecule has 5 N–H and O–H groups in total. The van der Waals surface area contributed by atoms with E-state index in [4.69, 9.17) is 25.7 Å². The Morgan fingerprint density at radius 2 is 2.00 bits per heavy atom. The molecule has 2 aromatic rings. The summed E-state index contributed by atoms with van der Waals surface area (Å²) < 4.78 is 15.5. The van der Waals surface area contributed by atoms with Gasteiger partial charge in [0, 0.05) is 12.3 Å². The van der Waals surface area contributed by atoms with Crippen molar-refractivity contribution < 1.29 is 28.6 Å². The molecule has 12 heteroatoms. The molecule has 3 heterocycles. The van der Waals surface area contributed by atoms with E-state index in [9.17, 15) is 14.4 Å². The van der Waals surface area contributed by atoms with E-state index in [-0.39, 0.29) is 43.8 Å². The van der Waals surface area contributed by atoms with Gasteiger partial charge in [0.05, 0.1) is 30.3 Å². The second-order valence-electron chi connectivity index (χ2n) is 8.03. The molecule has 1 aliphatic heterocycles. The van der Waals surface area contributed by atoms with Gasteiger partial charge in [0.1, 0.15) is 11.9 Å². The van der Waals surface area contributed by atoms with Crippen molar-refractivity contribution in [3.63, 3.8) is 0 Å². The molecule has 0 aromatic carbocycles. The molecule has 2 atom stereocenters. The number of anilines is 2. The lowest BCUT2D eigenvalue weighted by atomic mass is 9.96. The van der Waals surface area contributed by atoms with Crippen molar-refractivity contribution in [3.05, 3.63) is 27.5 Å². The van der Waals surface area contributed by atoms with Crippen LogP contribution < -0.4 is 21.5 Å². The molecule has 1 unspecified atom stereocenters. The number of hydrogen-bond acceptors (Lipinski definition) is 11. The Kier molecular flexibility index (Phi) is 9.24. The van der Waals surface area contributed by atoms with Crippen LogP contribution in [0.2, 0.25) is 0 Å². The van der Waals surface area contributed by atoms with Crippen LogP contribution in [0, 0.1) is 0 Å². The monoisotopic (exact) mass is 505 g/mol. The van der Waals surface area contributed by atoms with Crippen molar-refractivity contribution in [2.45, 2.75) is 57.9 Å². The van der Waals surface area contributed by atoms with Crippen LogP contribution in [0.1, 0.15) is 66.2 Å². The van der Waals surface area contributed by atoms with Crippen molar-refractivity contribution in [1.29, 1.82) is 0 Å². The number of nitrogens with two attached hydrogens (primary N) is 2. The van der Waals surface area contributed by atoms with E-state index in [1.807, 2.05) is 11.4 Å². The predicted molar refractivity (Wildman–Crippen MR) is 130 cm³/mol. The molecular formula is C23H31N5O6S. The molecule has 0 spiro atoms. The van der Waals surface area contributed by atoms with Crippen molar-refractivity contribution in [1.82, 2.24) is 15.3 Å². The molecule has 1 amide bonds. The van der Waals surface area contributed by atoms with Gasteiger partial charge in [-0.1, -0.05) is 0 Å². The smallest absolute Gasteiger partial charge is 0.328 e. The van der Waals surface area contributed by atoms with Crippen LogP contribution in [-0.2, 0) is 25.5 Å². The van der Waals surface area contributed by atoms with Crippen LogP contribution in [0.5, 0.6) is 5.88 Å². The van der Waals surface area contributed by atoms with E-state index < -0.39 is 18.0 Å². The summed E-state index contributed by atoms with van der Waals surface area (Å²) in [5.74, 6) is -0.401. The number of carbonyl (C=O) groups excluding carboxylic acids is 3. The standard InChI is InChI=1S/C23H31N5O6S/c1-3-32-17(29)9-8-15(22(31)33-4-2)26-20(30)16-10-13(12-35-16)6-5-7-14-11-34-21-18(14)19(24)27-23(25)28-21/h10,12,14-15H,3-9,11H2,1-2H3,(H,26,30)(H4,24,25,27,28)/t14?,15-/m0/s1. The predicted octanol–water partition coefficient (Wildman–Crippen LogP) is 2.21. The summed E-state index contributed by atoms with van der Waals surface area (Å²) in [4.78, 5) is 45.3. The van der Waals surface area contributed by atoms with Gasteiger partial charge < -0.3 is 31.0 Å². The van der Waals surface area contributed by atoms with Gasteiger partial charge in [-0.25, -0.2) is 4.79 Å². The lowest BCUT2D eigenvalue weighted by Gasteiger charge is -2.16. The molecule has 0 aliphatic carbocycles. The SMILES string of the molecule is CCOC(=O)CC[C@H](NC(=O)c1cc(CCCC2COc3nc(N)nc(N)c32)cs1)C(=O)OCC. The molecule has 11 nitrogen and oxygen atoms in total. The highest BCUT2D eigenvalue weighted by molar-refractivity contribution is 7.12. The Labute approximate surface area is 207 Å². The van der Waals surface area contributed by atoms with Crippen LogP contribution in [0.15, 0.2) is 11.4 Å². The first-order valence-electron chi connectivity index (χ1n) is 11.6. The lowest BCUT2D eigenvalue weighted by Crippen LogP contribution is -2.42. The van der Waals surface area contributed by atoms with E-state index in [1.54, 1.807) is 13.8 Å². The van der Waals surface area contributed by atoms with Gasteiger partial charge in [0.15, 0.2) is 0 Å². The first-order chi connectivity index (χ1) is 16.8. The quantitative estimate of drug-likeness (QED) is 0.364. The third-order valence-corrected chi connectivity index (χ3v) is 6.48. The Morgan fingerprint density at radius 1 is 1.23 bits per heavy atom. The Hall–Kier alpha value is -3.41. The maximum Gasteiger partial charge on any atom is 0.328 e. The number of ether oxygens (including phenoxy) is 3. The number of esters is 2. The lowest BCUT2D eigenvalue weighted by molar-refractivity contribution is -0.146. The number of nitrogens with zero attached hydrogens (tertiary/aromatic N) is 2. The van der Waals surface area contributed by atoms with E-state index in [0.717, 1.165) is 30.4 Å². The second-order valence-corrected chi connectivity index (χ2v) is 8.94. The largest absolute Gasteiger partial charge is 0.477 e. The molecule has 35 heavy (non-hydrogen) atoms. The third kappa shape index (κ3) is 7.04. The van der Waals surface area contributed by atoms with Crippen LogP contribution in [0.3, 0.4) is 0 Å². The topological polar surface area (TPSA) is 169 Å². The van der Waals surface area contributed by atoms with Crippen molar-refractivity contribution >= 4 is 40.9 Å². The molecule has 0 bridgehead atoms. The minimum Gasteiger partial charge on any atom is -0.477 e. The fourth-order valence-electron chi connectivity index (χ4n) is 3.86. The van der Waals surface area contributed by atoms with Crippen molar-refractivity contribution in [2.75, 3.05) is 31.3 Å². The zero-order valence-corrected chi connectivity index (χ0v) is 20.7. The summed E-state index contributed by atoms with van der Waals surface area (Å²) in [6, 6.07) is 0.881. The number of nitrogens with one attached hydrogen (secondary N) is 1. The number of hydrogen-bond donors (Lipinski definition) is 3. The van der Waals surface area contributed by atoms with Crippen LogP contribution in [0.4, 0.5) is 11.8 Å². The van der Waals surface area contributed by atoms with Crippen LogP contribution in [0.25, 0.3) is 0 Å². The van der Waals surface area contributed by atoms with Gasteiger partial charge in [-0.15, -0.1) is 11.3 Å². The molecule has 0 radical (unpaired) electrons. The number of rotatable bonds is 12. The Morgan fingerprint density at radius 3 is 2.74 bits per heavy atom.